The van der Waals surface area contributed by atoms with E-state index in [2.05, 4.69) is 10.2 Å². The van der Waals surface area contributed by atoms with Crippen LogP contribution in [0.3, 0.4) is 0 Å². The molecule has 2 aliphatic rings. The number of carbonyl (C=O) groups excluding carboxylic acids is 2. The van der Waals surface area contributed by atoms with E-state index in [1.54, 1.807) is 0 Å². The Kier molecular flexibility index (Phi) is 5.84. The normalized spacial score (nSPS) is 16.4. The van der Waals surface area contributed by atoms with Gasteiger partial charge in [-0.05, 0) is 85.5 Å². The van der Waals surface area contributed by atoms with E-state index in [-0.39, 0.29) is 17.0 Å². The molecule has 2 heterocycles. The summed E-state index contributed by atoms with van der Waals surface area (Å²) >= 11 is 0. The third-order valence-corrected chi connectivity index (χ3v) is 6.16. The zero-order valence-corrected chi connectivity index (χ0v) is 18.4. The number of imide groups is 1. The highest BCUT2D eigenvalue weighted by molar-refractivity contribution is 6.46. The van der Waals surface area contributed by atoms with E-state index >= 15 is 0 Å². The first-order valence-electron chi connectivity index (χ1n) is 11.3. The molecule has 0 aromatic heterocycles. The van der Waals surface area contributed by atoms with Crippen molar-refractivity contribution in [3.05, 3.63) is 95.7 Å². The fraction of sp³-hybridized carbons (Fsp3) is 0.185. The molecule has 3 aromatic carbocycles. The summed E-state index contributed by atoms with van der Waals surface area (Å²) in [6.45, 7) is 2.04. The van der Waals surface area contributed by atoms with Gasteiger partial charge in [-0.3, -0.25) is 9.59 Å². The SMILES string of the molecule is O=C1C(Nc2ccc(N3CCCCC3)cc2)=C(c2ccc(F)cc2)C(=O)N1c1ccc(F)cc1. The summed E-state index contributed by atoms with van der Waals surface area (Å²) in [5, 5.41) is 3.11. The molecule has 3 aromatic rings. The van der Waals surface area contributed by atoms with E-state index in [1.807, 2.05) is 24.3 Å². The molecule has 2 aliphatic heterocycles. The number of hydrogen-bond acceptors (Lipinski definition) is 4. The van der Waals surface area contributed by atoms with Crippen molar-refractivity contribution in [3.63, 3.8) is 0 Å². The summed E-state index contributed by atoms with van der Waals surface area (Å²) in [7, 11) is 0. The first-order valence-corrected chi connectivity index (χ1v) is 11.3. The number of hydrogen-bond donors (Lipinski definition) is 1. The van der Waals surface area contributed by atoms with Crippen LogP contribution in [0.5, 0.6) is 0 Å². The lowest BCUT2D eigenvalue weighted by atomic mass is 10.0. The average molecular weight is 459 g/mol. The molecule has 1 saturated heterocycles. The standard InChI is InChI=1S/C27H23F2N3O2/c28-19-6-4-18(5-7-19)24-25(27(34)32(26(24)33)23-12-8-20(29)9-13-23)30-21-10-14-22(15-11-21)31-16-2-1-3-17-31/h4-15,30H,1-3,16-17H2. The minimum Gasteiger partial charge on any atom is -0.372 e. The number of amides is 2. The molecule has 0 bridgehead atoms. The first-order chi connectivity index (χ1) is 16.5. The first kappa shape index (κ1) is 21.8. The van der Waals surface area contributed by atoms with Gasteiger partial charge in [0.05, 0.1) is 11.3 Å². The molecule has 5 rings (SSSR count). The topological polar surface area (TPSA) is 52.7 Å². The Hall–Kier alpha value is -4.00. The summed E-state index contributed by atoms with van der Waals surface area (Å²) in [5.41, 5.74) is 2.66. The largest absolute Gasteiger partial charge is 0.372 e. The maximum atomic E-state index is 13.5. The number of benzene rings is 3. The van der Waals surface area contributed by atoms with E-state index in [0.29, 0.717) is 11.3 Å². The Bertz CT molecular complexity index is 1250. The molecular weight excluding hydrogens is 436 g/mol. The van der Waals surface area contributed by atoms with E-state index in [1.165, 1.54) is 67.8 Å². The fourth-order valence-corrected chi connectivity index (χ4v) is 4.41. The molecule has 7 heteroatoms. The third-order valence-electron chi connectivity index (χ3n) is 6.16. The van der Waals surface area contributed by atoms with Gasteiger partial charge >= 0.3 is 0 Å². The molecule has 0 radical (unpaired) electrons. The van der Waals surface area contributed by atoms with Gasteiger partial charge in [-0.25, -0.2) is 13.7 Å². The van der Waals surface area contributed by atoms with Crippen molar-refractivity contribution in [3.8, 4) is 0 Å². The van der Waals surface area contributed by atoms with E-state index in [0.717, 1.165) is 23.7 Å². The van der Waals surface area contributed by atoms with Crippen LogP contribution in [0.4, 0.5) is 25.8 Å². The van der Waals surface area contributed by atoms with Crippen molar-refractivity contribution >= 4 is 34.4 Å². The molecule has 0 saturated carbocycles. The second-order valence-electron chi connectivity index (χ2n) is 8.40. The summed E-state index contributed by atoms with van der Waals surface area (Å²) in [4.78, 5) is 30.1. The Morgan fingerprint density at radius 1 is 0.647 bits per heavy atom. The van der Waals surface area contributed by atoms with Crippen molar-refractivity contribution in [2.75, 3.05) is 28.2 Å². The van der Waals surface area contributed by atoms with Crippen LogP contribution in [0.2, 0.25) is 0 Å². The highest BCUT2D eigenvalue weighted by Crippen LogP contribution is 2.34. The van der Waals surface area contributed by atoms with Gasteiger partial charge in [0.25, 0.3) is 11.8 Å². The molecule has 0 spiro atoms. The van der Waals surface area contributed by atoms with Crippen molar-refractivity contribution < 1.29 is 18.4 Å². The number of anilines is 3. The number of piperidine rings is 1. The molecule has 1 fully saturated rings. The summed E-state index contributed by atoms with van der Waals surface area (Å²) < 4.78 is 27.0. The van der Waals surface area contributed by atoms with Gasteiger partial charge in [-0.1, -0.05) is 12.1 Å². The maximum absolute atomic E-state index is 13.5. The zero-order chi connectivity index (χ0) is 23.7. The Labute approximate surface area is 196 Å². The molecule has 1 N–H and O–H groups in total. The van der Waals surface area contributed by atoms with Crippen LogP contribution in [-0.4, -0.2) is 24.9 Å². The molecule has 0 unspecified atom stereocenters. The van der Waals surface area contributed by atoms with Gasteiger partial charge in [0, 0.05) is 24.5 Å². The molecule has 172 valence electrons. The molecule has 2 amide bonds. The van der Waals surface area contributed by atoms with Gasteiger partial charge in [-0.15, -0.1) is 0 Å². The lowest BCUT2D eigenvalue weighted by molar-refractivity contribution is -0.120. The molecule has 0 aliphatic carbocycles. The predicted octanol–water partition coefficient (Wildman–Crippen LogP) is 5.35. The van der Waals surface area contributed by atoms with Crippen LogP contribution in [0.15, 0.2) is 78.5 Å². The van der Waals surface area contributed by atoms with Crippen LogP contribution in [0.25, 0.3) is 5.57 Å². The van der Waals surface area contributed by atoms with Gasteiger partial charge in [0.1, 0.15) is 17.3 Å². The molecular formula is C27H23F2N3O2. The smallest absolute Gasteiger partial charge is 0.282 e. The van der Waals surface area contributed by atoms with Crippen LogP contribution in [-0.2, 0) is 9.59 Å². The minimum absolute atomic E-state index is 0.0895. The van der Waals surface area contributed by atoms with Crippen LogP contribution >= 0.6 is 0 Å². The van der Waals surface area contributed by atoms with Crippen LogP contribution in [0.1, 0.15) is 24.8 Å². The van der Waals surface area contributed by atoms with E-state index in [4.69, 9.17) is 0 Å². The van der Waals surface area contributed by atoms with Gasteiger partial charge in [0.2, 0.25) is 0 Å². The summed E-state index contributed by atoms with van der Waals surface area (Å²) in [5.74, 6) is -2.03. The van der Waals surface area contributed by atoms with Crippen molar-refractivity contribution in [1.82, 2.24) is 0 Å². The zero-order valence-electron chi connectivity index (χ0n) is 18.4. The Balaban J connectivity index is 1.49. The van der Waals surface area contributed by atoms with E-state index in [9.17, 15) is 18.4 Å². The third kappa shape index (κ3) is 4.17. The number of nitrogens with one attached hydrogen (secondary N) is 1. The summed E-state index contributed by atoms with van der Waals surface area (Å²) in [6.07, 6.45) is 3.59. The van der Waals surface area contributed by atoms with Crippen LogP contribution in [0, 0.1) is 11.6 Å². The lowest BCUT2D eigenvalue weighted by Crippen LogP contribution is -2.32. The van der Waals surface area contributed by atoms with Gasteiger partial charge in [0.15, 0.2) is 0 Å². The Morgan fingerprint density at radius 3 is 1.82 bits per heavy atom. The fourth-order valence-electron chi connectivity index (χ4n) is 4.41. The summed E-state index contributed by atoms with van der Waals surface area (Å²) in [6, 6.07) is 18.3. The second kappa shape index (κ2) is 9.09. The monoisotopic (exact) mass is 459 g/mol. The lowest BCUT2D eigenvalue weighted by Gasteiger charge is -2.28. The highest BCUT2D eigenvalue weighted by atomic mass is 19.1. The van der Waals surface area contributed by atoms with Crippen molar-refractivity contribution in [2.24, 2.45) is 0 Å². The van der Waals surface area contributed by atoms with Gasteiger partial charge in [-0.2, -0.15) is 0 Å². The quantitative estimate of drug-likeness (QED) is 0.523. The highest BCUT2D eigenvalue weighted by Gasteiger charge is 2.40. The minimum atomic E-state index is -0.560. The van der Waals surface area contributed by atoms with Crippen LogP contribution < -0.4 is 15.1 Å². The Morgan fingerprint density at radius 2 is 1.21 bits per heavy atom. The average Bonchev–Trinajstić information content (AvgIpc) is 3.10. The number of halogens is 2. The maximum Gasteiger partial charge on any atom is 0.282 e. The number of nitrogens with zero attached hydrogens (tertiary/aromatic N) is 2. The van der Waals surface area contributed by atoms with Crippen molar-refractivity contribution in [2.45, 2.75) is 19.3 Å². The number of rotatable bonds is 5. The number of carbonyl (C=O) groups is 2. The molecule has 5 nitrogen and oxygen atoms in total. The predicted molar refractivity (Wildman–Crippen MR) is 128 cm³/mol. The van der Waals surface area contributed by atoms with Gasteiger partial charge < -0.3 is 10.2 Å². The molecule has 34 heavy (non-hydrogen) atoms. The van der Waals surface area contributed by atoms with Crippen molar-refractivity contribution in [1.29, 1.82) is 0 Å². The second-order valence-corrected chi connectivity index (χ2v) is 8.40. The molecule has 0 atom stereocenters. The van der Waals surface area contributed by atoms with E-state index < -0.39 is 23.4 Å².